The maximum absolute atomic E-state index is 11.2. The summed E-state index contributed by atoms with van der Waals surface area (Å²) in [6.07, 6.45) is 5.00. The molecule has 1 aliphatic carbocycles. The van der Waals surface area contributed by atoms with Gasteiger partial charge in [-0.05, 0) is 31.0 Å². The molecule has 0 bridgehead atoms. The predicted octanol–water partition coefficient (Wildman–Crippen LogP) is 1.75. The molecule has 1 aromatic carbocycles. The minimum atomic E-state index is -0.468. The van der Waals surface area contributed by atoms with Crippen LogP contribution in [0.4, 0.5) is 11.4 Å². The molecule has 1 aliphatic rings. The van der Waals surface area contributed by atoms with E-state index in [4.69, 9.17) is 11.5 Å². The van der Waals surface area contributed by atoms with Crippen LogP contribution < -0.4 is 16.4 Å². The van der Waals surface area contributed by atoms with Gasteiger partial charge in [-0.1, -0.05) is 12.8 Å². The van der Waals surface area contributed by atoms with E-state index < -0.39 is 5.91 Å². The molecule has 0 spiro atoms. The number of primary amides is 1. The summed E-state index contributed by atoms with van der Waals surface area (Å²) in [5.41, 5.74) is 12.9. The Hall–Kier alpha value is -1.71. The van der Waals surface area contributed by atoms with Crippen LogP contribution in [0.1, 0.15) is 36.0 Å². The fourth-order valence-electron chi connectivity index (χ4n) is 2.48. The fraction of sp³-hybridized carbons (Fsp3) is 0.462. The van der Waals surface area contributed by atoms with Crippen LogP contribution in [0.3, 0.4) is 0 Å². The maximum atomic E-state index is 11.2. The second-order valence-electron chi connectivity index (χ2n) is 4.68. The standard InChI is InChI=1S/C13H19N3O/c1-16(9-4-2-3-5-9)10-6-7-12(14)11(8-10)13(15)17/h6-9H,2-5,14H2,1H3,(H2,15,17). The zero-order valence-corrected chi connectivity index (χ0v) is 10.1. The molecular weight excluding hydrogens is 214 g/mol. The van der Waals surface area contributed by atoms with Crippen LogP contribution in [0.25, 0.3) is 0 Å². The quantitative estimate of drug-likeness (QED) is 0.781. The lowest BCUT2D eigenvalue weighted by atomic mass is 10.1. The zero-order chi connectivity index (χ0) is 12.4. The molecule has 0 atom stereocenters. The van der Waals surface area contributed by atoms with Crippen molar-refractivity contribution in [2.75, 3.05) is 17.7 Å². The maximum Gasteiger partial charge on any atom is 0.250 e. The number of carbonyl (C=O) groups is 1. The number of nitrogens with zero attached hydrogens (tertiary/aromatic N) is 1. The van der Waals surface area contributed by atoms with Crippen LogP contribution in [-0.4, -0.2) is 19.0 Å². The Balaban J connectivity index is 2.26. The van der Waals surface area contributed by atoms with Crippen LogP contribution in [0.5, 0.6) is 0 Å². The van der Waals surface area contributed by atoms with Gasteiger partial charge in [0, 0.05) is 24.5 Å². The van der Waals surface area contributed by atoms with Gasteiger partial charge in [0.25, 0.3) is 5.91 Å². The molecule has 4 nitrogen and oxygen atoms in total. The molecule has 4 N–H and O–H groups in total. The smallest absolute Gasteiger partial charge is 0.250 e. The zero-order valence-electron chi connectivity index (χ0n) is 10.1. The molecule has 1 aromatic rings. The van der Waals surface area contributed by atoms with E-state index >= 15 is 0 Å². The third-order valence-corrected chi connectivity index (χ3v) is 3.58. The first-order chi connectivity index (χ1) is 8.09. The fourth-order valence-corrected chi connectivity index (χ4v) is 2.48. The molecule has 17 heavy (non-hydrogen) atoms. The highest BCUT2D eigenvalue weighted by molar-refractivity contribution is 5.99. The van der Waals surface area contributed by atoms with Crippen molar-refractivity contribution >= 4 is 17.3 Å². The lowest BCUT2D eigenvalue weighted by Gasteiger charge is -2.27. The van der Waals surface area contributed by atoms with Crippen LogP contribution in [0.15, 0.2) is 18.2 Å². The van der Waals surface area contributed by atoms with Crippen molar-refractivity contribution in [1.82, 2.24) is 0 Å². The SMILES string of the molecule is CN(c1ccc(N)c(C(N)=O)c1)C1CCCC1. The van der Waals surface area contributed by atoms with Crippen molar-refractivity contribution in [2.45, 2.75) is 31.7 Å². The highest BCUT2D eigenvalue weighted by atomic mass is 16.1. The van der Waals surface area contributed by atoms with E-state index in [-0.39, 0.29) is 0 Å². The molecule has 1 fully saturated rings. The number of anilines is 2. The number of amides is 1. The summed E-state index contributed by atoms with van der Waals surface area (Å²) in [6, 6.07) is 6.05. The molecule has 1 saturated carbocycles. The average molecular weight is 233 g/mol. The van der Waals surface area contributed by atoms with E-state index in [1.165, 1.54) is 25.7 Å². The first-order valence-corrected chi connectivity index (χ1v) is 6.02. The number of rotatable bonds is 3. The van der Waals surface area contributed by atoms with Gasteiger partial charge in [0.15, 0.2) is 0 Å². The third kappa shape index (κ3) is 2.35. The van der Waals surface area contributed by atoms with E-state index in [2.05, 4.69) is 11.9 Å². The van der Waals surface area contributed by atoms with E-state index in [9.17, 15) is 4.79 Å². The van der Waals surface area contributed by atoms with Crippen molar-refractivity contribution in [3.8, 4) is 0 Å². The van der Waals surface area contributed by atoms with Crippen molar-refractivity contribution in [1.29, 1.82) is 0 Å². The molecule has 0 heterocycles. The van der Waals surface area contributed by atoms with Crippen molar-refractivity contribution in [2.24, 2.45) is 5.73 Å². The predicted molar refractivity (Wildman–Crippen MR) is 70.0 cm³/mol. The Bertz CT molecular complexity index is 425. The molecule has 1 amide bonds. The molecular formula is C13H19N3O. The van der Waals surface area contributed by atoms with Gasteiger partial charge in [0.2, 0.25) is 0 Å². The van der Waals surface area contributed by atoms with Gasteiger partial charge in [0.1, 0.15) is 0 Å². The van der Waals surface area contributed by atoms with Gasteiger partial charge in [-0.15, -0.1) is 0 Å². The highest BCUT2D eigenvalue weighted by Gasteiger charge is 2.20. The Labute approximate surface area is 102 Å². The van der Waals surface area contributed by atoms with Gasteiger partial charge in [-0.25, -0.2) is 0 Å². The monoisotopic (exact) mass is 233 g/mol. The minimum absolute atomic E-state index is 0.410. The topological polar surface area (TPSA) is 72.3 Å². The molecule has 0 aromatic heterocycles. The highest BCUT2D eigenvalue weighted by Crippen LogP contribution is 2.28. The summed E-state index contributed by atoms with van der Waals surface area (Å²) in [5.74, 6) is -0.468. The lowest BCUT2D eigenvalue weighted by molar-refractivity contribution is 0.100. The Morgan fingerprint density at radius 3 is 2.59 bits per heavy atom. The van der Waals surface area contributed by atoms with E-state index in [0.717, 1.165) is 5.69 Å². The first kappa shape index (κ1) is 11.8. The summed E-state index contributed by atoms with van der Waals surface area (Å²) in [4.78, 5) is 13.5. The molecule has 2 rings (SSSR count). The Kier molecular flexibility index (Phi) is 3.22. The number of carbonyl (C=O) groups excluding carboxylic acids is 1. The van der Waals surface area contributed by atoms with Gasteiger partial charge in [-0.3, -0.25) is 4.79 Å². The molecule has 0 aliphatic heterocycles. The van der Waals surface area contributed by atoms with E-state index in [1.807, 2.05) is 6.07 Å². The number of hydrogen-bond donors (Lipinski definition) is 2. The molecule has 4 heteroatoms. The van der Waals surface area contributed by atoms with Gasteiger partial charge in [0.05, 0.1) is 5.56 Å². The first-order valence-electron chi connectivity index (χ1n) is 6.02. The average Bonchev–Trinajstić information content (AvgIpc) is 2.81. The van der Waals surface area contributed by atoms with Crippen molar-refractivity contribution < 1.29 is 4.79 Å². The number of nitrogens with two attached hydrogens (primary N) is 2. The number of hydrogen-bond acceptors (Lipinski definition) is 3. The van der Waals surface area contributed by atoms with E-state index in [0.29, 0.717) is 17.3 Å². The van der Waals surface area contributed by atoms with Crippen molar-refractivity contribution in [3.05, 3.63) is 23.8 Å². The molecule has 0 radical (unpaired) electrons. The summed E-state index contributed by atoms with van der Waals surface area (Å²) in [7, 11) is 2.06. The molecule has 0 unspecified atom stereocenters. The largest absolute Gasteiger partial charge is 0.398 e. The summed E-state index contributed by atoms with van der Waals surface area (Å²) in [5, 5.41) is 0. The van der Waals surface area contributed by atoms with Crippen molar-refractivity contribution in [3.63, 3.8) is 0 Å². The number of nitrogen functional groups attached to an aromatic ring is 1. The Morgan fingerprint density at radius 2 is 2.00 bits per heavy atom. The second kappa shape index (κ2) is 4.65. The van der Waals surface area contributed by atoms with Gasteiger partial charge < -0.3 is 16.4 Å². The summed E-state index contributed by atoms with van der Waals surface area (Å²) >= 11 is 0. The second-order valence-corrected chi connectivity index (χ2v) is 4.68. The molecule has 92 valence electrons. The lowest BCUT2D eigenvalue weighted by Crippen LogP contribution is -2.29. The van der Waals surface area contributed by atoms with Crippen LogP contribution >= 0.6 is 0 Å². The Morgan fingerprint density at radius 1 is 1.35 bits per heavy atom. The van der Waals surface area contributed by atoms with Crippen LogP contribution in [-0.2, 0) is 0 Å². The van der Waals surface area contributed by atoms with Crippen LogP contribution in [0.2, 0.25) is 0 Å². The van der Waals surface area contributed by atoms with Gasteiger partial charge in [-0.2, -0.15) is 0 Å². The van der Waals surface area contributed by atoms with E-state index in [1.54, 1.807) is 12.1 Å². The summed E-state index contributed by atoms with van der Waals surface area (Å²) < 4.78 is 0. The third-order valence-electron chi connectivity index (χ3n) is 3.58. The molecule has 0 saturated heterocycles. The van der Waals surface area contributed by atoms with Gasteiger partial charge >= 0.3 is 0 Å². The minimum Gasteiger partial charge on any atom is -0.398 e. The number of benzene rings is 1. The summed E-state index contributed by atoms with van der Waals surface area (Å²) in [6.45, 7) is 0. The normalized spacial score (nSPS) is 16.1. The van der Waals surface area contributed by atoms with Crippen LogP contribution in [0, 0.1) is 0 Å².